The maximum atomic E-state index is 12.9. The highest BCUT2D eigenvalue weighted by Gasteiger charge is 2.28. The number of carbonyl (C=O) groups is 2. The second kappa shape index (κ2) is 10.9. The number of carbonyl (C=O) groups excluding carboxylic acids is 2. The van der Waals surface area contributed by atoms with E-state index in [1.807, 2.05) is 42.2 Å². The Balaban J connectivity index is 1.34. The van der Waals surface area contributed by atoms with Gasteiger partial charge in [0.25, 0.3) is 0 Å². The second-order valence-electron chi connectivity index (χ2n) is 9.81. The molecular formula is C27H35N3O4S. The molecule has 188 valence electrons. The maximum absolute atomic E-state index is 12.9. The molecule has 0 spiro atoms. The van der Waals surface area contributed by atoms with Crippen molar-refractivity contribution in [3.63, 3.8) is 0 Å². The molecule has 0 radical (unpaired) electrons. The van der Waals surface area contributed by atoms with E-state index in [-0.39, 0.29) is 35.5 Å². The molecule has 2 heterocycles. The number of likely N-dealkylation sites (tertiary alicyclic amines) is 1. The number of fused-ring (bicyclic) bond motifs is 1. The molecule has 2 aliphatic rings. The zero-order valence-corrected chi connectivity index (χ0v) is 21.4. The van der Waals surface area contributed by atoms with Gasteiger partial charge in [0, 0.05) is 44.7 Å². The highest BCUT2D eigenvalue weighted by molar-refractivity contribution is 7.89. The number of sulfonamides is 1. The lowest BCUT2D eigenvalue weighted by Crippen LogP contribution is -2.38. The molecule has 2 aromatic rings. The molecule has 0 aromatic heterocycles. The van der Waals surface area contributed by atoms with Gasteiger partial charge in [-0.05, 0) is 60.4 Å². The Morgan fingerprint density at radius 1 is 1.00 bits per heavy atom. The monoisotopic (exact) mass is 497 g/mol. The minimum absolute atomic E-state index is 0.0434. The average Bonchev–Trinajstić information content (AvgIpc) is 3.30. The van der Waals surface area contributed by atoms with E-state index in [9.17, 15) is 18.0 Å². The van der Waals surface area contributed by atoms with E-state index in [4.69, 9.17) is 0 Å². The molecule has 2 aromatic carbocycles. The standard InChI is InChI=1S/C27H35N3O4S/c1-20-12-15-29(16-13-20)26(31)10-11-27(32)30-17-14-23-18-24(8-9-25(23)30)35(33,34)28-19-21(2)22-6-4-3-5-7-22/h3-9,18,20-21,28H,10-17,19H2,1-2H3. The van der Waals surface area contributed by atoms with E-state index in [1.54, 1.807) is 23.1 Å². The summed E-state index contributed by atoms with van der Waals surface area (Å²) in [6.07, 6.45) is 3.02. The van der Waals surface area contributed by atoms with Gasteiger partial charge in [-0.3, -0.25) is 9.59 Å². The number of amides is 2. The number of hydrogen-bond acceptors (Lipinski definition) is 4. The van der Waals surface area contributed by atoms with Crippen molar-refractivity contribution >= 4 is 27.5 Å². The molecule has 7 nitrogen and oxygen atoms in total. The zero-order valence-electron chi connectivity index (χ0n) is 20.6. The van der Waals surface area contributed by atoms with Crippen LogP contribution in [-0.2, 0) is 26.0 Å². The van der Waals surface area contributed by atoms with Crippen molar-refractivity contribution in [3.05, 3.63) is 59.7 Å². The van der Waals surface area contributed by atoms with Gasteiger partial charge in [-0.2, -0.15) is 0 Å². The summed E-state index contributed by atoms with van der Waals surface area (Å²) >= 11 is 0. The molecule has 8 heteroatoms. The molecule has 1 unspecified atom stereocenters. The lowest BCUT2D eigenvalue weighted by atomic mass is 9.99. The lowest BCUT2D eigenvalue weighted by molar-refractivity contribution is -0.134. The minimum atomic E-state index is -3.66. The normalized spacial score (nSPS) is 17.3. The molecule has 2 amide bonds. The van der Waals surface area contributed by atoms with Crippen LogP contribution in [0, 0.1) is 5.92 Å². The summed E-state index contributed by atoms with van der Waals surface area (Å²) in [5.74, 6) is 0.650. The molecular weight excluding hydrogens is 462 g/mol. The fourth-order valence-electron chi connectivity index (χ4n) is 4.79. The summed E-state index contributed by atoms with van der Waals surface area (Å²) in [6.45, 7) is 6.55. The SMILES string of the molecule is CC1CCN(C(=O)CCC(=O)N2CCc3cc(S(=O)(=O)NCC(C)c4ccccc4)ccc32)CC1. The smallest absolute Gasteiger partial charge is 0.240 e. The Bertz CT molecular complexity index is 1160. The van der Waals surface area contributed by atoms with Crippen molar-refractivity contribution in [2.24, 2.45) is 5.92 Å². The summed E-state index contributed by atoms with van der Waals surface area (Å²) < 4.78 is 28.5. The van der Waals surface area contributed by atoms with Gasteiger partial charge in [0.15, 0.2) is 0 Å². The summed E-state index contributed by atoms with van der Waals surface area (Å²) in [5.41, 5.74) is 2.66. The Morgan fingerprint density at radius 2 is 1.69 bits per heavy atom. The molecule has 0 bridgehead atoms. The molecule has 1 N–H and O–H groups in total. The second-order valence-corrected chi connectivity index (χ2v) is 11.6. The van der Waals surface area contributed by atoms with Gasteiger partial charge in [0.1, 0.15) is 0 Å². The van der Waals surface area contributed by atoms with Crippen LogP contribution in [0.25, 0.3) is 0 Å². The summed E-state index contributed by atoms with van der Waals surface area (Å²) in [5, 5.41) is 0. The first kappa shape index (κ1) is 25.4. The van der Waals surface area contributed by atoms with Gasteiger partial charge >= 0.3 is 0 Å². The summed E-state index contributed by atoms with van der Waals surface area (Å²) in [6, 6.07) is 14.7. The van der Waals surface area contributed by atoms with Crippen LogP contribution >= 0.6 is 0 Å². The molecule has 1 saturated heterocycles. The summed E-state index contributed by atoms with van der Waals surface area (Å²) in [7, 11) is -3.66. The van der Waals surface area contributed by atoms with Crippen LogP contribution in [-0.4, -0.2) is 51.3 Å². The average molecular weight is 498 g/mol. The fraction of sp³-hybridized carbons (Fsp3) is 0.481. The first-order valence-electron chi connectivity index (χ1n) is 12.5. The number of rotatable bonds is 8. The van der Waals surface area contributed by atoms with Crippen LogP contribution in [0.4, 0.5) is 5.69 Å². The number of benzene rings is 2. The predicted octanol–water partition coefficient (Wildman–Crippen LogP) is 3.70. The number of nitrogens with zero attached hydrogens (tertiary/aromatic N) is 2. The first-order chi connectivity index (χ1) is 16.7. The zero-order chi connectivity index (χ0) is 25.0. The number of piperidine rings is 1. The van der Waals surface area contributed by atoms with Crippen molar-refractivity contribution in [2.45, 2.75) is 56.8 Å². The Morgan fingerprint density at radius 3 is 2.40 bits per heavy atom. The van der Waals surface area contributed by atoms with Crippen molar-refractivity contribution < 1.29 is 18.0 Å². The highest BCUT2D eigenvalue weighted by atomic mass is 32.2. The molecule has 0 saturated carbocycles. The maximum Gasteiger partial charge on any atom is 0.240 e. The van der Waals surface area contributed by atoms with Crippen LogP contribution in [0.3, 0.4) is 0 Å². The van der Waals surface area contributed by atoms with E-state index in [1.165, 1.54) is 0 Å². The van der Waals surface area contributed by atoms with Gasteiger partial charge < -0.3 is 9.80 Å². The Hall–Kier alpha value is -2.71. The van der Waals surface area contributed by atoms with Crippen molar-refractivity contribution in [1.82, 2.24) is 9.62 Å². The topological polar surface area (TPSA) is 86.8 Å². The van der Waals surface area contributed by atoms with Gasteiger partial charge in [-0.15, -0.1) is 0 Å². The summed E-state index contributed by atoms with van der Waals surface area (Å²) in [4.78, 5) is 29.1. The third kappa shape index (κ3) is 6.11. The fourth-order valence-corrected chi connectivity index (χ4v) is 5.97. The van der Waals surface area contributed by atoms with Crippen LogP contribution in [0.15, 0.2) is 53.4 Å². The van der Waals surface area contributed by atoms with Gasteiger partial charge in [0.05, 0.1) is 4.90 Å². The van der Waals surface area contributed by atoms with E-state index < -0.39 is 10.0 Å². The van der Waals surface area contributed by atoms with E-state index in [0.717, 1.165) is 42.7 Å². The van der Waals surface area contributed by atoms with Crippen molar-refractivity contribution in [3.8, 4) is 0 Å². The lowest BCUT2D eigenvalue weighted by Gasteiger charge is -2.30. The van der Waals surface area contributed by atoms with E-state index >= 15 is 0 Å². The molecule has 2 aliphatic heterocycles. The third-order valence-corrected chi connectivity index (χ3v) is 8.62. The van der Waals surface area contributed by atoms with Crippen LogP contribution < -0.4 is 9.62 Å². The largest absolute Gasteiger partial charge is 0.343 e. The Kier molecular flexibility index (Phi) is 7.91. The van der Waals surface area contributed by atoms with Crippen LogP contribution in [0.1, 0.15) is 56.6 Å². The molecule has 0 aliphatic carbocycles. The molecule has 35 heavy (non-hydrogen) atoms. The number of anilines is 1. The first-order valence-corrected chi connectivity index (χ1v) is 14.0. The van der Waals surface area contributed by atoms with Gasteiger partial charge in [0.2, 0.25) is 21.8 Å². The third-order valence-electron chi connectivity index (χ3n) is 7.20. The van der Waals surface area contributed by atoms with Gasteiger partial charge in [-0.25, -0.2) is 13.1 Å². The predicted molar refractivity (Wildman–Crippen MR) is 137 cm³/mol. The van der Waals surface area contributed by atoms with Gasteiger partial charge in [-0.1, -0.05) is 44.2 Å². The van der Waals surface area contributed by atoms with Crippen LogP contribution in [0.2, 0.25) is 0 Å². The number of hydrogen-bond donors (Lipinski definition) is 1. The van der Waals surface area contributed by atoms with Crippen LogP contribution in [0.5, 0.6) is 0 Å². The quantitative estimate of drug-likeness (QED) is 0.603. The molecule has 1 fully saturated rings. The van der Waals surface area contributed by atoms with Crippen molar-refractivity contribution in [1.29, 1.82) is 0 Å². The van der Waals surface area contributed by atoms with E-state index in [0.29, 0.717) is 25.4 Å². The number of nitrogens with one attached hydrogen (secondary N) is 1. The molecule has 4 rings (SSSR count). The van der Waals surface area contributed by atoms with Crippen molar-refractivity contribution in [2.75, 3.05) is 31.1 Å². The highest BCUT2D eigenvalue weighted by Crippen LogP contribution is 2.31. The van der Waals surface area contributed by atoms with E-state index in [2.05, 4.69) is 11.6 Å². The molecule has 1 atom stereocenters. The minimum Gasteiger partial charge on any atom is -0.343 e. The Labute approximate surface area is 208 Å².